The second-order valence-corrected chi connectivity index (χ2v) is 9.38. The molecule has 31 heavy (non-hydrogen) atoms. The van der Waals surface area contributed by atoms with Crippen molar-refractivity contribution in [2.75, 3.05) is 45.9 Å². The third-order valence-electron chi connectivity index (χ3n) is 6.37. The number of aliphatic hydroxyl groups excluding tert-OH is 1. The summed E-state index contributed by atoms with van der Waals surface area (Å²) in [6.07, 6.45) is 6.55. The zero-order valence-corrected chi connectivity index (χ0v) is 19.5. The topological polar surface area (TPSA) is 64.1 Å². The summed E-state index contributed by atoms with van der Waals surface area (Å²) < 4.78 is 0. The third-order valence-corrected chi connectivity index (χ3v) is 7.10. The highest BCUT2D eigenvalue weighted by molar-refractivity contribution is 6.42. The van der Waals surface area contributed by atoms with Gasteiger partial charge >= 0.3 is 0 Å². The lowest BCUT2D eigenvalue weighted by Gasteiger charge is -2.34. The molecule has 0 radical (unpaired) electrons. The molecule has 0 aromatic heterocycles. The molecule has 1 N–H and O–H groups in total. The van der Waals surface area contributed by atoms with Gasteiger partial charge in [-0.15, -0.1) is 0 Å². The number of rotatable bonds is 7. The van der Waals surface area contributed by atoms with Crippen LogP contribution < -0.4 is 0 Å². The van der Waals surface area contributed by atoms with Crippen molar-refractivity contribution >= 4 is 41.1 Å². The van der Waals surface area contributed by atoms with Crippen molar-refractivity contribution in [3.05, 3.63) is 39.9 Å². The van der Waals surface area contributed by atoms with Crippen LogP contribution in [0.5, 0.6) is 0 Å². The van der Waals surface area contributed by atoms with Crippen molar-refractivity contribution in [1.29, 1.82) is 0 Å². The highest BCUT2D eigenvalue weighted by atomic mass is 35.5. The van der Waals surface area contributed by atoms with Gasteiger partial charge in [0.1, 0.15) is 0 Å². The van der Waals surface area contributed by atoms with Crippen LogP contribution in [0.25, 0.3) is 6.08 Å². The molecule has 0 saturated carbocycles. The molecule has 1 unspecified atom stereocenters. The molecule has 0 bridgehead atoms. The molecule has 1 atom stereocenters. The van der Waals surface area contributed by atoms with E-state index in [4.69, 9.17) is 23.2 Å². The lowest BCUT2D eigenvalue weighted by Crippen LogP contribution is -2.45. The molecule has 170 valence electrons. The van der Waals surface area contributed by atoms with Crippen molar-refractivity contribution in [3.8, 4) is 0 Å². The van der Waals surface area contributed by atoms with Gasteiger partial charge in [-0.25, -0.2) is 0 Å². The van der Waals surface area contributed by atoms with E-state index in [-0.39, 0.29) is 24.0 Å². The van der Waals surface area contributed by atoms with E-state index < -0.39 is 0 Å². The largest absolute Gasteiger partial charge is 0.394 e. The van der Waals surface area contributed by atoms with Crippen LogP contribution in [-0.2, 0) is 9.59 Å². The summed E-state index contributed by atoms with van der Waals surface area (Å²) in [6.45, 7) is 6.31. The number of halogens is 2. The smallest absolute Gasteiger partial charge is 0.246 e. The Balaban J connectivity index is 1.49. The fraction of sp³-hybridized carbons (Fsp3) is 0.565. The molecule has 2 saturated heterocycles. The first kappa shape index (κ1) is 24.1. The minimum atomic E-state index is -0.132. The molecule has 0 aliphatic carbocycles. The first-order valence-corrected chi connectivity index (χ1v) is 11.6. The summed E-state index contributed by atoms with van der Waals surface area (Å²) in [4.78, 5) is 31.0. The lowest BCUT2D eigenvalue weighted by molar-refractivity contribution is -0.130. The number of amides is 2. The molecular weight excluding hydrogens is 437 g/mol. The predicted molar refractivity (Wildman–Crippen MR) is 124 cm³/mol. The van der Waals surface area contributed by atoms with Gasteiger partial charge in [0.25, 0.3) is 0 Å². The van der Waals surface area contributed by atoms with Crippen LogP contribution in [0, 0.1) is 0 Å². The molecule has 0 spiro atoms. The Hall–Kier alpha value is -1.60. The Morgan fingerprint density at radius 3 is 2.71 bits per heavy atom. The Bertz CT molecular complexity index is 832. The van der Waals surface area contributed by atoms with E-state index in [0.717, 1.165) is 37.9 Å². The van der Waals surface area contributed by atoms with Crippen LogP contribution in [-0.4, -0.2) is 83.0 Å². The summed E-state index contributed by atoms with van der Waals surface area (Å²) in [5, 5.41) is 10.6. The number of likely N-dealkylation sites (tertiary alicyclic amines) is 1. The Kier molecular flexibility index (Phi) is 8.39. The van der Waals surface area contributed by atoms with E-state index in [1.807, 2.05) is 4.90 Å². The number of hydrogen-bond acceptors (Lipinski definition) is 4. The van der Waals surface area contributed by atoms with Crippen molar-refractivity contribution in [1.82, 2.24) is 14.7 Å². The SMILES string of the molecule is CC1(CO)CCCN1CCCN1CCN(C(=O)/C=C/c2ccc(Cl)c(Cl)c2)CCC1=O. The summed E-state index contributed by atoms with van der Waals surface area (Å²) in [5.74, 6) is -0.0217. The molecule has 2 fully saturated rings. The zero-order valence-electron chi connectivity index (χ0n) is 18.0. The minimum absolute atomic E-state index is 0.0927. The zero-order chi connectivity index (χ0) is 22.4. The van der Waals surface area contributed by atoms with Gasteiger partial charge < -0.3 is 14.9 Å². The maximum atomic E-state index is 12.6. The Morgan fingerprint density at radius 2 is 1.97 bits per heavy atom. The minimum Gasteiger partial charge on any atom is -0.394 e. The van der Waals surface area contributed by atoms with Gasteiger partial charge in [0.2, 0.25) is 11.8 Å². The molecular formula is C23H31Cl2N3O3. The van der Waals surface area contributed by atoms with Crippen LogP contribution in [0.1, 0.15) is 38.2 Å². The maximum absolute atomic E-state index is 12.6. The van der Waals surface area contributed by atoms with Crippen LogP contribution >= 0.6 is 23.2 Å². The van der Waals surface area contributed by atoms with Crippen LogP contribution in [0.15, 0.2) is 24.3 Å². The number of carbonyl (C=O) groups is 2. The van der Waals surface area contributed by atoms with Crippen molar-refractivity contribution < 1.29 is 14.7 Å². The highest BCUT2D eigenvalue weighted by Gasteiger charge is 2.35. The molecule has 2 aliphatic heterocycles. The fourth-order valence-corrected chi connectivity index (χ4v) is 4.61. The molecule has 6 nitrogen and oxygen atoms in total. The normalized spacial score (nSPS) is 23.0. The van der Waals surface area contributed by atoms with Crippen molar-refractivity contribution in [2.45, 2.75) is 38.1 Å². The van der Waals surface area contributed by atoms with Gasteiger partial charge in [-0.1, -0.05) is 29.3 Å². The van der Waals surface area contributed by atoms with E-state index >= 15 is 0 Å². The average Bonchev–Trinajstić information content (AvgIpc) is 3.02. The van der Waals surface area contributed by atoms with Gasteiger partial charge in [0.05, 0.1) is 16.7 Å². The molecule has 1 aromatic rings. The first-order valence-electron chi connectivity index (χ1n) is 10.9. The monoisotopic (exact) mass is 467 g/mol. The second-order valence-electron chi connectivity index (χ2n) is 8.56. The number of carbonyl (C=O) groups excluding carboxylic acids is 2. The lowest BCUT2D eigenvalue weighted by atomic mass is 10.0. The maximum Gasteiger partial charge on any atom is 0.246 e. The van der Waals surface area contributed by atoms with Crippen LogP contribution in [0.3, 0.4) is 0 Å². The number of nitrogens with zero attached hydrogens (tertiary/aromatic N) is 3. The molecule has 1 aromatic carbocycles. The summed E-state index contributed by atoms with van der Waals surface area (Å²) in [5.41, 5.74) is 0.666. The quantitative estimate of drug-likeness (QED) is 0.624. The van der Waals surface area contributed by atoms with Crippen molar-refractivity contribution in [2.24, 2.45) is 0 Å². The summed E-state index contributed by atoms with van der Waals surface area (Å²) in [7, 11) is 0. The van der Waals surface area contributed by atoms with Crippen molar-refractivity contribution in [3.63, 3.8) is 0 Å². The number of aliphatic hydroxyl groups is 1. The first-order chi connectivity index (χ1) is 14.8. The van der Waals surface area contributed by atoms with Gasteiger partial charge in [-0.3, -0.25) is 14.5 Å². The van der Waals surface area contributed by atoms with E-state index in [1.165, 1.54) is 6.08 Å². The van der Waals surface area contributed by atoms with Gasteiger partial charge in [0, 0.05) is 50.8 Å². The number of hydrogen-bond donors (Lipinski definition) is 1. The Labute approximate surface area is 194 Å². The molecule has 2 amide bonds. The highest BCUT2D eigenvalue weighted by Crippen LogP contribution is 2.28. The van der Waals surface area contributed by atoms with Gasteiger partial charge in [-0.2, -0.15) is 0 Å². The van der Waals surface area contributed by atoms with E-state index in [2.05, 4.69) is 11.8 Å². The molecule has 3 rings (SSSR count). The van der Waals surface area contributed by atoms with E-state index in [1.54, 1.807) is 29.2 Å². The molecule has 8 heteroatoms. The fourth-order valence-electron chi connectivity index (χ4n) is 4.30. The second kappa shape index (κ2) is 10.8. The number of benzene rings is 1. The van der Waals surface area contributed by atoms with Gasteiger partial charge in [0.15, 0.2) is 0 Å². The Morgan fingerprint density at radius 1 is 1.16 bits per heavy atom. The predicted octanol–water partition coefficient (Wildman–Crippen LogP) is 3.30. The average molecular weight is 468 g/mol. The van der Waals surface area contributed by atoms with Crippen LogP contribution in [0.2, 0.25) is 10.0 Å². The van der Waals surface area contributed by atoms with Gasteiger partial charge in [-0.05, 0) is 56.5 Å². The molecule has 2 aliphatic rings. The van der Waals surface area contributed by atoms with Crippen LogP contribution in [0.4, 0.5) is 0 Å². The summed E-state index contributed by atoms with van der Waals surface area (Å²) in [6, 6.07) is 5.21. The molecule has 2 heterocycles. The van der Waals surface area contributed by atoms with E-state index in [0.29, 0.717) is 42.6 Å². The van der Waals surface area contributed by atoms with E-state index in [9.17, 15) is 14.7 Å². The third kappa shape index (κ3) is 6.22. The summed E-state index contributed by atoms with van der Waals surface area (Å²) >= 11 is 11.9. The standard InChI is InChI=1S/C23H31Cl2N3O3/c1-23(17-29)9-2-11-28(23)12-3-10-26-14-15-27(13-8-22(26)31)21(30)7-5-18-4-6-19(24)20(25)16-18/h4-7,16,29H,2-3,8-15,17H2,1H3/b7-5+.